The lowest BCUT2D eigenvalue weighted by Gasteiger charge is -2.21. The molecule has 0 aromatic heterocycles. The Morgan fingerprint density at radius 2 is 1.95 bits per heavy atom. The van der Waals surface area contributed by atoms with Crippen LogP contribution in [-0.4, -0.2) is 18.5 Å². The van der Waals surface area contributed by atoms with E-state index in [1.165, 1.54) is 11.8 Å². The standard InChI is InChI=1S/C17H18O2/c18-17(12-16-7-3-4-10-19-16)15-9-8-13-5-1-2-6-14(13)11-15/h1-2,5-6,8-9,11,16H,3-4,7,10,12H2. The van der Waals surface area contributed by atoms with Gasteiger partial charge in [0, 0.05) is 18.6 Å². The first kappa shape index (κ1) is 12.4. The number of carbonyl (C=O) groups excluding carboxylic acids is 1. The predicted octanol–water partition coefficient (Wildman–Crippen LogP) is 3.98. The predicted molar refractivity (Wildman–Crippen MR) is 76.5 cm³/mol. The average Bonchev–Trinajstić information content (AvgIpc) is 2.48. The van der Waals surface area contributed by atoms with Crippen LogP contribution in [0.1, 0.15) is 36.0 Å². The van der Waals surface area contributed by atoms with Gasteiger partial charge in [-0.25, -0.2) is 0 Å². The van der Waals surface area contributed by atoms with E-state index in [4.69, 9.17) is 4.74 Å². The van der Waals surface area contributed by atoms with Crippen LogP contribution in [0.2, 0.25) is 0 Å². The monoisotopic (exact) mass is 254 g/mol. The molecule has 98 valence electrons. The van der Waals surface area contributed by atoms with Crippen molar-refractivity contribution in [1.82, 2.24) is 0 Å². The number of carbonyl (C=O) groups is 1. The van der Waals surface area contributed by atoms with Crippen LogP contribution in [0.3, 0.4) is 0 Å². The zero-order chi connectivity index (χ0) is 13.1. The number of fused-ring (bicyclic) bond motifs is 1. The Balaban J connectivity index is 1.77. The van der Waals surface area contributed by atoms with Gasteiger partial charge in [-0.05, 0) is 36.1 Å². The van der Waals surface area contributed by atoms with Crippen LogP contribution in [0.4, 0.5) is 0 Å². The van der Waals surface area contributed by atoms with Crippen LogP contribution in [0.25, 0.3) is 10.8 Å². The Bertz CT molecular complexity index is 583. The lowest BCUT2D eigenvalue weighted by molar-refractivity contribution is 0.0129. The van der Waals surface area contributed by atoms with Crippen molar-refractivity contribution in [3.63, 3.8) is 0 Å². The number of rotatable bonds is 3. The first-order chi connectivity index (χ1) is 9.33. The maximum absolute atomic E-state index is 12.3. The molecule has 0 amide bonds. The van der Waals surface area contributed by atoms with Gasteiger partial charge >= 0.3 is 0 Å². The fraction of sp³-hybridized carbons (Fsp3) is 0.353. The van der Waals surface area contributed by atoms with Gasteiger partial charge in [-0.2, -0.15) is 0 Å². The molecule has 1 aliphatic heterocycles. The van der Waals surface area contributed by atoms with Crippen molar-refractivity contribution in [3.05, 3.63) is 48.0 Å². The molecule has 19 heavy (non-hydrogen) atoms. The molecule has 2 aromatic carbocycles. The summed E-state index contributed by atoms with van der Waals surface area (Å²) in [7, 11) is 0. The molecule has 0 bridgehead atoms. The normalized spacial score (nSPS) is 19.5. The smallest absolute Gasteiger partial charge is 0.165 e. The minimum atomic E-state index is 0.118. The van der Waals surface area contributed by atoms with Gasteiger partial charge in [-0.15, -0.1) is 0 Å². The molecule has 0 saturated carbocycles. The maximum atomic E-state index is 12.3. The van der Waals surface area contributed by atoms with Crippen molar-refractivity contribution in [3.8, 4) is 0 Å². The van der Waals surface area contributed by atoms with E-state index in [-0.39, 0.29) is 11.9 Å². The summed E-state index contributed by atoms with van der Waals surface area (Å²) in [6.07, 6.45) is 3.95. The van der Waals surface area contributed by atoms with Gasteiger partial charge in [0.1, 0.15) is 0 Å². The van der Waals surface area contributed by atoms with Gasteiger partial charge in [0.2, 0.25) is 0 Å². The van der Waals surface area contributed by atoms with Crippen LogP contribution in [0, 0.1) is 0 Å². The molecule has 1 aliphatic rings. The molecule has 3 rings (SSSR count). The summed E-state index contributed by atoms with van der Waals surface area (Å²) >= 11 is 0. The van der Waals surface area contributed by atoms with Crippen molar-refractivity contribution < 1.29 is 9.53 Å². The molecule has 1 atom stereocenters. The molecule has 1 unspecified atom stereocenters. The molecular formula is C17H18O2. The zero-order valence-corrected chi connectivity index (χ0v) is 11.0. The van der Waals surface area contributed by atoms with Crippen LogP contribution < -0.4 is 0 Å². The number of Topliss-reactive ketones (excluding diaryl/α,β-unsaturated/α-hetero) is 1. The fourth-order valence-electron chi connectivity index (χ4n) is 2.66. The van der Waals surface area contributed by atoms with Gasteiger partial charge in [0.05, 0.1) is 6.10 Å². The Morgan fingerprint density at radius 1 is 1.11 bits per heavy atom. The quantitative estimate of drug-likeness (QED) is 0.774. The minimum absolute atomic E-state index is 0.118. The van der Waals surface area contributed by atoms with Crippen LogP contribution >= 0.6 is 0 Å². The van der Waals surface area contributed by atoms with E-state index in [0.29, 0.717) is 6.42 Å². The highest BCUT2D eigenvalue weighted by atomic mass is 16.5. The van der Waals surface area contributed by atoms with E-state index in [9.17, 15) is 4.79 Å². The van der Waals surface area contributed by atoms with E-state index in [1.54, 1.807) is 0 Å². The average molecular weight is 254 g/mol. The van der Waals surface area contributed by atoms with E-state index in [2.05, 4.69) is 6.07 Å². The van der Waals surface area contributed by atoms with Crippen molar-refractivity contribution >= 4 is 16.6 Å². The number of benzene rings is 2. The molecule has 1 fully saturated rings. The molecule has 2 aromatic rings. The second-order valence-corrected chi connectivity index (χ2v) is 5.18. The molecule has 0 spiro atoms. The largest absolute Gasteiger partial charge is 0.378 e. The topological polar surface area (TPSA) is 26.3 Å². The second kappa shape index (κ2) is 5.54. The second-order valence-electron chi connectivity index (χ2n) is 5.18. The lowest BCUT2D eigenvalue weighted by atomic mass is 9.98. The van der Waals surface area contributed by atoms with Crippen LogP contribution in [0.15, 0.2) is 42.5 Å². The number of ketones is 1. The van der Waals surface area contributed by atoms with Crippen LogP contribution in [-0.2, 0) is 4.74 Å². The Morgan fingerprint density at radius 3 is 2.74 bits per heavy atom. The summed E-state index contributed by atoms with van der Waals surface area (Å²) in [5.74, 6) is 0.192. The summed E-state index contributed by atoms with van der Waals surface area (Å²) in [5, 5.41) is 2.30. The summed E-state index contributed by atoms with van der Waals surface area (Å²) in [4.78, 5) is 12.3. The Labute approximate surface area is 113 Å². The maximum Gasteiger partial charge on any atom is 0.165 e. The van der Waals surface area contributed by atoms with Crippen molar-refractivity contribution in [2.24, 2.45) is 0 Å². The highest BCUT2D eigenvalue weighted by molar-refractivity contribution is 6.00. The molecule has 1 saturated heterocycles. The minimum Gasteiger partial charge on any atom is -0.378 e. The van der Waals surface area contributed by atoms with Gasteiger partial charge in [0.15, 0.2) is 5.78 Å². The van der Waals surface area contributed by atoms with E-state index < -0.39 is 0 Å². The Kier molecular flexibility index (Phi) is 3.60. The summed E-state index contributed by atoms with van der Waals surface area (Å²) in [6, 6.07) is 14.1. The highest BCUT2D eigenvalue weighted by Gasteiger charge is 2.18. The molecule has 1 heterocycles. The molecule has 2 heteroatoms. The lowest BCUT2D eigenvalue weighted by Crippen LogP contribution is -2.22. The first-order valence-electron chi connectivity index (χ1n) is 6.96. The summed E-state index contributed by atoms with van der Waals surface area (Å²) < 4.78 is 5.64. The first-order valence-corrected chi connectivity index (χ1v) is 6.96. The van der Waals surface area contributed by atoms with Gasteiger partial charge in [0.25, 0.3) is 0 Å². The third kappa shape index (κ3) is 2.85. The van der Waals surface area contributed by atoms with E-state index >= 15 is 0 Å². The fourth-order valence-corrected chi connectivity index (χ4v) is 2.66. The van der Waals surface area contributed by atoms with Crippen molar-refractivity contribution in [2.45, 2.75) is 31.8 Å². The highest BCUT2D eigenvalue weighted by Crippen LogP contribution is 2.20. The molecule has 0 N–H and O–H groups in total. The molecule has 2 nitrogen and oxygen atoms in total. The number of hydrogen-bond acceptors (Lipinski definition) is 2. The van der Waals surface area contributed by atoms with E-state index in [1.807, 2.05) is 36.4 Å². The summed E-state index contributed by atoms with van der Waals surface area (Å²) in [6.45, 7) is 0.801. The molecular weight excluding hydrogens is 236 g/mol. The van der Waals surface area contributed by atoms with Gasteiger partial charge in [-0.3, -0.25) is 4.79 Å². The molecule has 0 radical (unpaired) electrons. The molecule has 0 aliphatic carbocycles. The number of hydrogen-bond donors (Lipinski definition) is 0. The van der Waals surface area contributed by atoms with Gasteiger partial charge in [-0.1, -0.05) is 36.4 Å². The summed E-state index contributed by atoms with van der Waals surface area (Å²) in [5.41, 5.74) is 0.799. The Hall–Kier alpha value is -1.67. The van der Waals surface area contributed by atoms with E-state index in [0.717, 1.165) is 30.4 Å². The van der Waals surface area contributed by atoms with Crippen molar-refractivity contribution in [2.75, 3.05) is 6.61 Å². The SMILES string of the molecule is O=C(CC1CCCCO1)c1ccc2ccccc2c1. The zero-order valence-electron chi connectivity index (χ0n) is 11.0. The number of ether oxygens (including phenoxy) is 1. The third-order valence-corrected chi connectivity index (χ3v) is 3.76. The van der Waals surface area contributed by atoms with Gasteiger partial charge < -0.3 is 4.74 Å². The van der Waals surface area contributed by atoms with Crippen molar-refractivity contribution in [1.29, 1.82) is 0 Å². The van der Waals surface area contributed by atoms with Crippen LogP contribution in [0.5, 0.6) is 0 Å². The third-order valence-electron chi connectivity index (χ3n) is 3.76.